The highest BCUT2D eigenvalue weighted by Crippen LogP contribution is 2.27. The lowest BCUT2D eigenvalue weighted by molar-refractivity contribution is -0.118. The van der Waals surface area contributed by atoms with Crippen LogP contribution in [0.5, 0.6) is 11.5 Å². The van der Waals surface area contributed by atoms with Crippen LogP contribution in [0.15, 0.2) is 52.4 Å². The van der Waals surface area contributed by atoms with Crippen LogP contribution in [0.25, 0.3) is 10.9 Å². The highest BCUT2D eigenvalue weighted by molar-refractivity contribution is 7.99. The normalized spacial score (nSPS) is 10.8. The average molecular weight is 456 g/mol. The van der Waals surface area contributed by atoms with Gasteiger partial charge in [-0.2, -0.15) is 0 Å². The predicted molar refractivity (Wildman–Crippen MR) is 128 cm³/mol. The molecule has 0 fully saturated rings. The smallest absolute Gasteiger partial charge is 0.262 e. The number of rotatable bonds is 11. The summed E-state index contributed by atoms with van der Waals surface area (Å²) < 4.78 is 12.3. The standard InChI is InChI=1S/C24H29N3O4S/c1-4-5-14-27-23(29)18-8-6-7-9-19(18)26-24(27)32-16-22(28)25-13-12-17-10-11-20(30-2)21(15-17)31-3/h6-11,15H,4-5,12-14,16H2,1-3H3,(H,25,28). The molecular weight excluding hydrogens is 426 g/mol. The van der Waals surface area contributed by atoms with Crippen LogP contribution in [0, 0.1) is 0 Å². The summed E-state index contributed by atoms with van der Waals surface area (Å²) in [6.45, 7) is 3.18. The molecule has 0 aliphatic heterocycles. The second-order valence-corrected chi connectivity index (χ2v) is 8.24. The summed E-state index contributed by atoms with van der Waals surface area (Å²) in [5.41, 5.74) is 1.64. The van der Waals surface area contributed by atoms with Crippen LogP contribution in [0.2, 0.25) is 0 Å². The largest absolute Gasteiger partial charge is 0.493 e. The van der Waals surface area contributed by atoms with Crippen LogP contribution in [0.1, 0.15) is 25.3 Å². The van der Waals surface area contributed by atoms with E-state index in [-0.39, 0.29) is 17.2 Å². The van der Waals surface area contributed by atoms with E-state index in [1.54, 1.807) is 24.9 Å². The zero-order valence-corrected chi connectivity index (χ0v) is 19.5. The first kappa shape index (κ1) is 23.7. The maximum absolute atomic E-state index is 12.9. The summed E-state index contributed by atoms with van der Waals surface area (Å²) in [6.07, 6.45) is 2.53. The fraction of sp³-hybridized carbons (Fsp3) is 0.375. The lowest BCUT2D eigenvalue weighted by Crippen LogP contribution is -2.28. The van der Waals surface area contributed by atoms with Gasteiger partial charge < -0.3 is 14.8 Å². The fourth-order valence-electron chi connectivity index (χ4n) is 3.33. The lowest BCUT2D eigenvalue weighted by Gasteiger charge is -2.13. The predicted octanol–water partition coefficient (Wildman–Crippen LogP) is 3.66. The molecule has 1 aromatic heterocycles. The second kappa shape index (κ2) is 11.6. The van der Waals surface area contributed by atoms with E-state index in [1.165, 1.54) is 11.8 Å². The van der Waals surface area contributed by atoms with E-state index in [2.05, 4.69) is 17.2 Å². The van der Waals surface area contributed by atoms with Crippen LogP contribution < -0.4 is 20.3 Å². The summed E-state index contributed by atoms with van der Waals surface area (Å²) in [5.74, 6) is 1.44. The van der Waals surface area contributed by atoms with E-state index >= 15 is 0 Å². The van der Waals surface area contributed by atoms with Gasteiger partial charge in [-0.05, 0) is 42.7 Å². The van der Waals surface area contributed by atoms with Crippen LogP contribution in [-0.4, -0.2) is 42.0 Å². The van der Waals surface area contributed by atoms with Gasteiger partial charge in [-0.3, -0.25) is 14.2 Å². The van der Waals surface area contributed by atoms with Crippen LogP contribution in [0.3, 0.4) is 0 Å². The quantitative estimate of drug-likeness (QED) is 0.351. The van der Waals surface area contributed by atoms with Gasteiger partial charge in [-0.15, -0.1) is 0 Å². The Balaban J connectivity index is 1.61. The summed E-state index contributed by atoms with van der Waals surface area (Å²) in [7, 11) is 3.20. The first-order valence-electron chi connectivity index (χ1n) is 10.7. The molecule has 0 saturated heterocycles. The molecule has 0 radical (unpaired) electrons. The Bertz CT molecular complexity index is 1130. The Labute approximate surface area is 192 Å². The van der Waals surface area contributed by atoms with Crippen molar-refractivity contribution >= 4 is 28.6 Å². The van der Waals surface area contributed by atoms with Gasteiger partial charge in [0.05, 0.1) is 30.9 Å². The number of fused-ring (bicyclic) bond motifs is 1. The highest BCUT2D eigenvalue weighted by atomic mass is 32.2. The highest BCUT2D eigenvalue weighted by Gasteiger charge is 2.13. The van der Waals surface area contributed by atoms with E-state index in [0.717, 1.165) is 18.4 Å². The van der Waals surface area contributed by atoms with Crippen LogP contribution in [0.4, 0.5) is 0 Å². The molecule has 0 unspecified atom stereocenters. The number of hydrogen-bond acceptors (Lipinski definition) is 6. The molecule has 1 heterocycles. The number of carbonyl (C=O) groups excluding carboxylic acids is 1. The molecule has 170 valence electrons. The summed E-state index contributed by atoms with van der Waals surface area (Å²) >= 11 is 1.30. The molecule has 0 spiro atoms. The third-order valence-corrected chi connectivity index (χ3v) is 6.05. The summed E-state index contributed by atoms with van der Waals surface area (Å²) in [4.78, 5) is 30.0. The van der Waals surface area contributed by atoms with Gasteiger partial charge in [-0.25, -0.2) is 4.98 Å². The monoisotopic (exact) mass is 455 g/mol. The van der Waals surface area contributed by atoms with Crippen molar-refractivity contribution in [2.45, 2.75) is 37.9 Å². The van der Waals surface area contributed by atoms with E-state index in [1.807, 2.05) is 36.4 Å². The molecule has 3 aromatic rings. The first-order chi connectivity index (χ1) is 15.6. The van der Waals surface area contributed by atoms with Gasteiger partial charge in [0, 0.05) is 13.1 Å². The Morgan fingerprint density at radius 1 is 1.12 bits per heavy atom. The Hall–Kier alpha value is -3.00. The zero-order chi connectivity index (χ0) is 22.9. The van der Waals surface area contributed by atoms with E-state index < -0.39 is 0 Å². The van der Waals surface area contributed by atoms with Crippen molar-refractivity contribution in [1.82, 2.24) is 14.9 Å². The number of para-hydroxylation sites is 1. The third-order valence-electron chi connectivity index (χ3n) is 5.08. The number of amides is 1. The molecule has 0 atom stereocenters. The maximum atomic E-state index is 12.9. The van der Waals surface area contributed by atoms with E-state index in [9.17, 15) is 9.59 Å². The fourth-order valence-corrected chi connectivity index (χ4v) is 4.19. The minimum absolute atomic E-state index is 0.0552. The van der Waals surface area contributed by atoms with Crippen molar-refractivity contribution in [3.05, 3.63) is 58.4 Å². The number of nitrogens with zero attached hydrogens (tertiary/aromatic N) is 2. The molecular formula is C24H29N3O4S. The van der Waals surface area contributed by atoms with Gasteiger partial charge >= 0.3 is 0 Å². The summed E-state index contributed by atoms with van der Waals surface area (Å²) in [5, 5.41) is 4.12. The van der Waals surface area contributed by atoms with Gasteiger partial charge in [0.15, 0.2) is 16.7 Å². The number of carbonyl (C=O) groups is 1. The van der Waals surface area contributed by atoms with Crippen molar-refractivity contribution in [3.8, 4) is 11.5 Å². The number of aromatic nitrogens is 2. The number of thioether (sulfide) groups is 1. The second-order valence-electron chi connectivity index (χ2n) is 7.30. The Morgan fingerprint density at radius 2 is 1.91 bits per heavy atom. The van der Waals surface area contributed by atoms with Gasteiger partial charge in [0.25, 0.3) is 5.56 Å². The Morgan fingerprint density at radius 3 is 2.66 bits per heavy atom. The molecule has 0 saturated carbocycles. The van der Waals surface area contributed by atoms with Crippen LogP contribution >= 0.6 is 11.8 Å². The number of nitrogens with one attached hydrogen (secondary N) is 1. The molecule has 3 rings (SSSR count). The van der Waals surface area contributed by atoms with Gasteiger partial charge in [-0.1, -0.05) is 43.3 Å². The number of unbranched alkanes of at least 4 members (excludes halogenated alkanes) is 1. The minimum Gasteiger partial charge on any atom is -0.493 e. The van der Waals surface area contributed by atoms with Gasteiger partial charge in [0.1, 0.15) is 0 Å². The number of hydrogen-bond donors (Lipinski definition) is 1. The first-order valence-corrected chi connectivity index (χ1v) is 11.7. The van der Waals surface area contributed by atoms with Crippen molar-refractivity contribution in [2.24, 2.45) is 0 Å². The zero-order valence-electron chi connectivity index (χ0n) is 18.7. The molecule has 0 bridgehead atoms. The molecule has 2 aromatic carbocycles. The van der Waals surface area contributed by atoms with Crippen molar-refractivity contribution < 1.29 is 14.3 Å². The molecule has 1 N–H and O–H groups in total. The minimum atomic E-state index is -0.0973. The third kappa shape index (κ3) is 5.82. The topological polar surface area (TPSA) is 82.5 Å². The molecule has 8 heteroatoms. The molecule has 7 nitrogen and oxygen atoms in total. The average Bonchev–Trinajstić information content (AvgIpc) is 2.82. The van der Waals surface area contributed by atoms with E-state index in [4.69, 9.17) is 9.47 Å². The number of methoxy groups -OCH3 is 2. The molecule has 0 aliphatic rings. The number of ether oxygens (including phenoxy) is 2. The van der Waals surface area contributed by atoms with Crippen LogP contribution in [-0.2, 0) is 17.8 Å². The van der Waals surface area contributed by atoms with Crippen molar-refractivity contribution in [1.29, 1.82) is 0 Å². The van der Waals surface area contributed by atoms with E-state index in [0.29, 0.717) is 47.1 Å². The Kier molecular flexibility index (Phi) is 8.56. The number of benzene rings is 2. The lowest BCUT2D eigenvalue weighted by atomic mass is 10.1. The van der Waals surface area contributed by atoms with Crippen molar-refractivity contribution in [2.75, 3.05) is 26.5 Å². The van der Waals surface area contributed by atoms with Crippen molar-refractivity contribution in [3.63, 3.8) is 0 Å². The maximum Gasteiger partial charge on any atom is 0.262 e. The summed E-state index contributed by atoms with van der Waals surface area (Å²) in [6, 6.07) is 13.0. The SMILES string of the molecule is CCCCn1c(SCC(=O)NCCc2ccc(OC)c(OC)c2)nc2ccccc2c1=O. The molecule has 1 amide bonds. The van der Waals surface area contributed by atoms with Gasteiger partial charge in [0.2, 0.25) is 5.91 Å². The molecule has 0 aliphatic carbocycles. The molecule has 32 heavy (non-hydrogen) atoms.